The molecule has 0 fully saturated rings. The summed E-state index contributed by atoms with van der Waals surface area (Å²) in [6, 6.07) is 20.8. The van der Waals surface area contributed by atoms with Crippen molar-refractivity contribution >= 4 is 38.4 Å². The Morgan fingerprint density at radius 3 is 1.93 bits per heavy atom. The molecule has 0 aliphatic carbocycles. The number of hydrogen-bond acceptors (Lipinski definition) is 5. The van der Waals surface area contributed by atoms with Crippen LogP contribution in [0.3, 0.4) is 0 Å². The molecule has 0 aliphatic rings. The van der Waals surface area contributed by atoms with Crippen LogP contribution in [0.25, 0.3) is 11.0 Å². The zero-order valence-electron chi connectivity index (χ0n) is 14.5. The van der Waals surface area contributed by atoms with E-state index in [-0.39, 0.29) is 22.3 Å². The molecule has 4 aromatic rings. The molecule has 3 aromatic carbocycles. The predicted molar refractivity (Wildman–Crippen MR) is 106 cm³/mol. The Morgan fingerprint density at radius 1 is 0.714 bits per heavy atom. The molecule has 28 heavy (non-hydrogen) atoms. The number of nitrogens with zero attached hydrogens (tertiary/aromatic N) is 2. The average molecular weight is 394 g/mol. The van der Waals surface area contributed by atoms with Gasteiger partial charge in [-0.25, -0.2) is 22.8 Å². The summed E-state index contributed by atoms with van der Waals surface area (Å²) in [4.78, 5) is 9.00. The largest absolute Gasteiger partial charge is 0.337 e. The van der Waals surface area contributed by atoms with Crippen molar-refractivity contribution in [3.63, 3.8) is 0 Å². The molecule has 6 nitrogen and oxygen atoms in total. The van der Waals surface area contributed by atoms with Gasteiger partial charge in [0.1, 0.15) is 5.82 Å². The van der Waals surface area contributed by atoms with Crippen LogP contribution in [0.15, 0.2) is 83.8 Å². The van der Waals surface area contributed by atoms with Crippen LogP contribution >= 0.6 is 0 Å². The highest BCUT2D eigenvalue weighted by Gasteiger charge is 2.18. The molecule has 1 aromatic heterocycles. The smallest absolute Gasteiger partial charge is 0.263 e. The zero-order valence-corrected chi connectivity index (χ0v) is 15.3. The number of halogens is 1. The number of benzene rings is 3. The third kappa shape index (κ3) is 3.77. The summed E-state index contributed by atoms with van der Waals surface area (Å²) in [5.41, 5.74) is 1.68. The van der Waals surface area contributed by atoms with Crippen molar-refractivity contribution in [3.8, 4) is 0 Å². The Balaban J connectivity index is 1.78. The van der Waals surface area contributed by atoms with Crippen molar-refractivity contribution < 1.29 is 12.8 Å². The molecule has 2 N–H and O–H groups in total. The van der Waals surface area contributed by atoms with Gasteiger partial charge < -0.3 is 5.32 Å². The minimum absolute atomic E-state index is 0.0480. The van der Waals surface area contributed by atoms with E-state index in [0.29, 0.717) is 16.7 Å². The summed E-state index contributed by atoms with van der Waals surface area (Å²) in [6.45, 7) is 0. The molecule has 0 unspecified atom stereocenters. The van der Waals surface area contributed by atoms with Crippen molar-refractivity contribution in [2.75, 3.05) is 10.0 Å². The minimum Gasteiger partial charge on any atom is -0.337 e. The van der Waals surface area contributed by atoms with Crippen molar-refractivity contribution in [1.82, 2.24) is 9.97 Å². The van der Waals surface area contributed by atoms with E-state index in [0.717, 1.165) is 0 Å². The topological polar surface area (TPSA) is 84.0 Å². The Morgan fingerprint density at radius 2 is 1.29 bits per heavy atom. The molecule has 0 saturated carbocycles. The lowest BCUT2D eigenvalue weighted by atomic mass is 10.3. The van der Waals surface area contributed by atoms with Crippen molar-refractivity contribution in [2.24, 2.45) is 0 Å². The number of para-hydroxylation sites is 2. The molecule has 140 valence electrons. The number of aromatic nitrogens is 2. The lowest BCUT2D eigenvalue weighted by molar-refractivity contribution is 0.601. The SMILES string of the molecule is O=S(=O)(Nc1nc2ccccc2nc1Nc1ccc(F)cc1)c1ccccc1. The summed E-state index contributed by atoms with van der Waals surface area (Å²) >= 11 is 0. The van der Waals surface area contributed by atoms with Gasteiger partial charge >= 0.3 is 0 Å². The first-order chi connectivity index (χ1) is 13.5. The Hall–Kier alpha value is -3.52. The third-order valence-electron chi connectivity index (χ3n) is 3.96. The van der Waals surface area contributed by atoms with Crippen LogP contribution in [0.1, 0.15) is 0 Å². The van der Waals surface area contributed by atoms with Gasteiger partial charge in [0.25, 0.3) is 10.0 Å². The number of hydrogen-bond donors (Lipinski definition) is 2. The summed E-state index contributed by atoms with van der Waals surface area (Å²) in [7, 11) is -3.86. The fourth-order valence-electron chi connectivity index (χ4n) is 2.61. The highest BCUT2D eigenvalue weighted by atomic mass is 32.2. The van der Waals surface area contributed by atoms with Gasteiger partial charge in [0.15, 0.2) is 11.6 Å². The maximum absolute atomic E-state index is 13.2. The Kier molecular flexibility index (Phi) is 4.62. The van der Waals surface area contributed by atoms with Crippen LogP contribution in [0.2, 0.25) is 0 Å². The number of anilines is 3. The van der Waals surface area contributed by atoms with Gasteiger partial charge in [-0.15, -0.1) is 0 Å². The van der Waals surface area contributed by atoms with Crippen molar-refractivity contribution in [3.05, 3.63) is 84.7 Å². The zero-order chi connectivity index (χ0) is 19.6. The highest BCUT2D eigenvalue weighted by molar-refractivity contribution is 7.92. The molecule has 0 bridgehead atoms. The van der Waals surface area contributed by atoms with E-state index in [9.17, 15) is 12.8 Å². The van der Waals surface area contributed by atoms with Crippen molar-refractivity contribution in [2.45, 2.75) is 4.90 Å². The molecular formula is C20H15FN4O2S. The molecule has 0 aliphatic heterocycles. The van der Waals surface area contributed by atoms with E-state index < -0.39 is 10.0 Å². The summed E-state index contributed by atoms with van der Waals surface area (Å²) in [6.07, 6.45) is 0. The van der Waals surface area contributed by atoms with Gasteiger partial charge in [-0.3, -0.25) is 4.72 Å². The number of fused-ring (bicyclic) bond motifs is 1. The van der Waals surface area contributed by atoms with Crippen LogP contribution in [-0.2, 0) is 10.0 Å². The second-order valence-corrected chi connectivity index (χ2v) is 7.64. The number of nitrogens with one attached hydrogen (secondary N) is 2. The quantitative estimate of drug-likeness (QED) is 0.527. The second-order valence-electron chi connectivity index (χ2n) is 5.96. The van der Waals surface area contributed by atoms with Gasteiger partial charge in [-0.2, -0.15) is 0 Å². The predicted octanol–water partition coefficient (Wildman–Crippen LogP) is 4.31. The molecule has 0 radical (unpaired) electrons. The van der Waals surface area contributed by atoms with Crippen LogP contribution < -0.4 is 10.0 Å². The fourth-order valence-corrected chi connectivity index (χ4v) is 3.64. The summed E-state index contributed by atoms with van der Waals surface area (Å²) < 4.78 is 41.1. The minimum atomic E-state index is -3.86. The van der Waals surface area contributed by atoms with E-state index in [1.165, 1.54) is 36.4 Å². The Bertz CT molecular complexity index is 1230. The Labute approximate surface area is 161 Å². The number of rotatable bonds is 5. The van der Waals surface area contributed by atoms with Crippen LogP contribution in [-0.4, -0.2) is 18.4 Å². The van der Waals surface area contributed by atoms with E-state index in [1.807, 2.05) is 6.07 Å². The molecule has 4 rings (SSSR count). The van der Waals surface area contributed by atoms with E-state index in [1.54, 1.807) is 36.4 Å². The number of sulfonamides is 1. The van der Waals surface area contributed by atoms with Crippen LogP contribution in [0.5, 0.6) is 0 Å². The first kappa shape index (κ1) is 17.9. The molecule has 0 spiro atoms. The van der Waals surface area contributed by atoms with Crippen LogP contribution in [0.4, 0.5) is 21.7 Å². The highest BCUT2D eigenvalue weighted by Crippen LogP contribution is 2.27. The lowest BCUT2D eigenvalue weighted by Gasteiger charge is -2.14. The molecule has 1 heterocycles. The van der Waals surface area contributed by atoms with E-state index in [4.69, 9.17) is 0 Å². The van der Waals surface area contributed by atoms with Gasteiger partial charge in [0.2, 0.25) is 0 Å². The van der Waals surface area contributed by atoms with Gasteiger partial charge in [0.05, 0.1) is 15.9 Å². The maximum atomic E-state index is 13.2. The molecular weight excluding hydrogens is 379 g/mol. The van der Waals surface area contributed by atoms with E-state index in [2.05, 4.69) is 20.0 Å². The third-order valence-corrected chi connectivity index (χ3v) is 5.32. The van der Waals surface area contributed by atoms with Crippen LogP contribution in [0, 0.1) is 5.82 Å². The monoisotopic (exact) mass is 394 g/mol. The lowest BCUT2D eigenvalue weighted by Crippen LogP contribution is -2.16. The van der Waals surface area contributed by atoms with E-state index >= 15 is 0 Å². The fraction of sp³-hybridized carbons (Fsp3) is 0. The van der Waals surface area contributed by atoms with Crippen molar-refractivity contribution in [1.29, 1.82) is 0 Å². The van der Waals surface area contributed by atoms with Gasteiger partial charge in [-0.1, -0.05) is 30.3 Å². The normalized spacial score (nSPS) is 11.3. The maximum Gasteiger partial charge on any atom is 0.263 e. The average Bonchev–Trinajstić information content (AvgIpc) is 2.70. The van der Waals surface area contributed by atoms with Gasteiger partial charge in [0, 0.05) is 5.69 Å². The second kappa shape index (κ2) is 7.24. The molecule has 0 atom stereocenters. The first-order valence-corrected chi connectivity index (χ1v) is 9.87. The molecule has 0 saturated heterocycles. The molecule has 0 amide bonds. The summed E-state index contributed by atoms with van der Waals surface area (Å²) in [5.74, 6) is -0.114. The standard InChI is InChI=1S/C20H15FN4O2S/c21-14-10-12-15(13-11-14)22-19-20(24-18-9-5-4-8-17(18)23-19)25-28(26,27)16-6-2-1-3-7-16/h1-13H,(H,22,23)(H,24,25). The molecule has 8 heteroatoms. The first-order valence-electron chi connectivity index (χ1n) is 8.38. The van der Waals surface area contributed by atoms with Gasteiger partial charge in [-0.05, 0) is 48.5 Å². The summed E-state index contributed by atoms with van der Waals surface area (Å²) in [5, 5.41) is 3.00.